The molecule has 326 valence electrons. The van der Waals surface area contributed by atoms with Crippen LogP contribution in [0.4, 0.5) is 34.6 Å². The van der Waals surface area contributed by atoms with E-state index in [4.69, 9.17) is 9.97 Å². The molecule has 13 nitrogen and oxygen atoms in total. The van der Waals surface area contributed by atoms with Gasteiger partial charge < -0.3 is 40.8 Å². The van der Waals surface area contributed by atoms with Gasteiger partial charge in [0.05, 0.1) is 0 Å². The minimum atomic E-state index is -0.284. The SMILES string of the molecule is C=CCNC(=O)c1cnc(Nc2ccc(N3CCC(CN(C)C4CC5(C4)CN(c4ccc(C(C=O)CCC(=O)NC)cc4)C5)CC3)cc2)nc1Nc1ccc2c(n1)C(CC)CC2. The largest absolute Gasteiger partial charge is 0.372 e. The predicted molar refractivity (Wildman–Crippen MR) is 247 cm³/mol. The number of anilines is 6. The van der Waals surface area contributed by atoms with E-state index in [2.05, 4.69) is 104 Å². The first-order chi connectivity index (χ1) is 30.2. The first kappa shape index (κ1) is 42.9. The van der Waals surface area contributed by atoms with Gasteiger partial charge >= 0.3 is 0 Å². The number of rotatable bonds is 18. The fourth-order valence-electron chi connectivity index (χ4n) is 10.0. The highest BCUT2D eigenvalue weighted by atomic mass is 16.2. The van der Waals surface area contributed by atoms with Crippen molar-refractivity contribution in [1.82, 2.24) is 30.5 Å². The molecule has 2 atom stereocenters. The van der Waals surface area contributed by atoms with Gasteiger partial charge in [-0.2, -0.15) is 4.98 Å². The van der Waals surface area contributed by atoms with Crippen LogP contribution in [0, 0.1) is 11.3 Å². The molecule has 8 rings (SSSR count). The van der Waals surface area contributed by atoms with Gasteiger partial charge in [0, 0.05) is 105 Å². The summed E-state index contributed by atoms with van der Waals surface area (Å²) in [5, 5.41) is 12.1. The van der Waals surface area contributed by atoms with Crippen molar-refractivity contribution in [1.29, 1.82) is 0 Å². The van der Waals surface area contributed by atoms with Crippen molar-refractivity contribution in [3.05, 3.63) is 102 Å². The fourth-order valence-corrected chi connectivity index (χ4v) is 10.0. The zero-order valence-corrected chi connectivity index (χ0v) is 36.5. The summed E-state index contributed by atoms with van der Waals surface area (Å²) in [4.78, 5) is 58.2. The van der Waals surface area contributed by atoms with Gasteiger partial charge in [-0.05, 0) is 118 Å². The van der Waals surface area contributed by atoms with Crippen LogP contribution in [-0.4, -0.2) is 97.4 Å². The first-order valence-electron chi connectivity index (χ1n) is 22.5. The molecule has 4 N–H and O–H groups in total. The maximum Gasteiger partial charge on any atom is 0.256 e. The molecule has 13 heteroatoms. The van der Waals surface area contributed by atoms with Gasteiger partial charge in [0.25, 0.3) is 5.91 Å². The second-order valence-corrected chi connectivity index (χ2v) is 18.0. The van der Waals surface area contributed by atoms with Crippen LogP contribution >= 0.6 is 0 Å². The van der Waals surface area contributed by atoms with Crippen LogP contribution in [0.25, 0.3) is 0 Å². The molecule has 62 heavy (non-hydrogen) atoms. The van der Waals surface area contributed by atoms with Gasteiger partial charge in [-0.1, -0.05) is 31.2 Å². The number of nitrogens with one attached hydrogen (secondary N) is 4. The molecule has 0 radical (unpaired) electrons. The lowest BCUT2D eigenvalue weighted by atomic mass is 9.60. The Morgan fingerprint density at radius 3 is 2.37 bits per heavy atom. The van der Waals surface area contributed by atoms with E-state index in [9.17, 15) is 14.4 Å². The van der Waals surface area contributed by atoms with Crippen molar-refractivity contribution in [3.63, 3.8) is 0 Å². The normalized spacial score (nSPS) is 18.7. The van der Waals surface area contributed by atoms with E-state index >= 15 is 0 Å². The number of aromatic nitrogens is 3. The van der Waals surface area contributed by atoms with Crippen molar-refractivity contribution in [3.8, 4) is 0 Å². The van der Waals surface area contributed by atoms with Crippen molar-refractivity contribution in [2.24, 2.45) is 11.3 Å². The third-order valence-electron chi connectivity index (χ3n) is 13.8. The maximum absolute atomic E-state index is 13.1. The predicted octanol–water partition coefficient (Wildman–Crippen LogP) is 7.34. The Bertz CT molecular complexity index is 2210. The number of carbonyl (C=O) groups excluding carboxylic acids is 3. The molecule has 2 aliphatic heterocycles. The molecule has 3 fully saturated rings. The van der Waals surface area contributed by atoms with Crippen LogP contribution in [0.2, 0.25) is 0 Å². The molecule has 2 unspecified atom stereocenters. The molecule has 2 amide bonds. The molecular formula is C49H62N10O3. The van der Waals surface area contributed by atoms with E-state index in [1.807, 2.05) is 18.2 Å². The summed E-state index contributed by atoms with van der Waals surface area (Å²) in [5.74, 6) is 2.01. The van der Waals surface area contributed by atoms with Crippen molar-refractivity contribution < 1.29 is 14.4 Å². The molecular weight excluding hydrogens is 777 g/mol. The lowest BCUT2D eigenvalue weighted by molar-refractivity contribution is -0.120. The summed E-state index contributed by atoms with van der Waals surface area (Å²) < 4.78 is 0. The molecule has 0 bridgehead atoms. The Kier molecular flexibility index (Phi) is 13.2. The van der Waals surface area contributed by atoms with E-state index in [0.717, 1.165) is 75.2 Å². The zero-order valence-electron chi connectivity index (χ0n) is 36.5. The van der Waals surface area contributed by atoms with E-state index in [0.29, 0.717) is 65.8 Å². The lowest BCUT2D eigenvalue weighted by Crippen LogP contribution is -2.66. The van der Waals surface area contributed by atoms with E-state index in [-0.39, 0.29) is 17.7 Å². The number of carbonyl (C=O) groups is 3. The number of benzene rings is 2. The van der Waals surface area contributed by atoms with Gasteiger partial charge in [0.1, 0.15) is 23.5 Å². The average Bonchev–Trinajstić information content (AvgIpc) is 3.68. The smallest absolute Gasteiger partial charge is 0.256 e. The molecule has 2 aromatic heterocycles. The molecule has 4 aliphatic rings. The summed E-state index contributed by atoms with van der Waals surface area (Å²) in [6.07, 6.45) is 13.1. The van der Waals surface area contributed by atoms with Crippen molar-refractivity contribution >= 4 is 52.7 Å². The number of nitrogens with zero attached hydrogens (tertiary/aromatic N) is 6. The minimum absolute atomic E-state index is 0.0373. The van der Waals surface area contributed by atoms with Gasteiger partial charge in [-0.3, -0.25) is 9.59 Å². The monoisotopic (exact) mass is 839 g/mol. The molecule has 2 aliphatic carbocycles. The van der Waals surface area contributed by atoms with Crippen LogP contribution in [0.1, 0.15) is 97.3 Å². The maximum atomic E-state index is 13.1. The molecule has 1 saturated carbocycles. The van der Waals surface area contributed by atoms with Crippen LogP contribution in [0.3, 0.4) is 0 Å². The molecule has 4 aromatic rings. The summed E-state index contributed by atoms with van der Waals surface area (Å²) in [6, 6.07) is 21.5. The van der Waals surface area contributed by atoms with E-state index in [1.165, 1.54) is 42.6 Å². The summed E-state index contributed by atoms with van der Waals surface area (Å²) >= 11 is 0. The van der Waals surface area contributed by atoms with Gasteiger partial charge in [-0.25, -0.2) is 9.97 Å². The highest BCUT2D eigenvalue weighted by Crippen LogP contribution is 2.51. The number of aryl methyl sites for hydroxylation is 1. The quantitative estimate of drug-likeness (QED) is 0.0590. The Morgan fingerprint density at radius 1 is 0.952 bits per heavy atom. The third kappa shape index (κ3) is 9.62. The highest BCUT2D eigenvalue weighted by Gasteiger charge is 2.53. The number of amides is 2. The topological polar surface area (TPSA) is 148 Å². The van der Waals surface area contributed by atoms with Gasteiger partial charge in [0.2, 0.25) is 11.9 Å². The van der Waals surface area contributed by atoms with Crippen LogP contribution in [-0.2, 0) is 16.0 Å². The minimum Gasteiger partial charge on any atom is -0.372 e. The zero-order chi connectivity index (χ0) is 43.2. The van der Waals surface area contributed by atoms with Gasteiger partial charge in [0.15, 0.2) is 0 Å². The number of hydrogen-bond acceptors (Lipinski definition) is 11. The third-order valence-corrected chi connectivity index (χ3v) is 13.8. The van der Waals surface area contributed by atoms with Crippen molar-refractivity contribution in [2.75, 3.05) is 73.8 Å². The highest BCUT2D eigenvalue weighted by molar-refractivity contribution is 5.99. The molecule has 2 saturated heterocycles. The summed E-state index contributed by atoms with van der Waals surface area (Å²) in [6.45, 7) is 11.7. The number of pyridine rings is 1. The number of aldehydes is 1. The average molecular weight is 839 g/mol. The fraction of sp³-hybridized carbons (Fsp3) is 0.469. The van der Waals surface area contributed by atoms with Gasteiger partial charge in [-0.15, -0.1) is 6.58 Å². The van der Waals surface area contributed by atoms with E-state index < -0.39 is 0 Å². The Hall–Kier alpha value is -5.82. The van der Waals surface area contributed by atoms with Crippen LogP contribution in [0.5, 0.6) is 0 Å². The molecule has 4 heterocycles. The second kappa shape index (κ2) is 19.1. The first-order valence-corrected chi connectivity index (χ1v) is 22.5. The second-order valence-electron chi connectivity index (χ2n) is 18.0. The van der Waals surface area contributed by atoms with E-state index in [1.54, 1.807) is 19.3 Å². The standard InChI is InChI=1S/C49H62N10O3/c1-5-23-51-47(62)42-28-52-48(56-46(42)55-43-19-11-36-8-7-34(6-2)45(36)54-43)53-38-13-17-39(18-14-38)58-24-21-33(22-25-58)29-57(4)41-26-49(27-41)31-59(32-49)40-15-9-35(10-16-40)37(30-60)12-20-44(61)50-3/h5,9-11,13-19,28,30,33-34,37,41H,1,6-8,12,20-27,29,31-32H2,2-4H3,(H,50,61)(H,51,62)(H2,52,53,54,55,56). The van der Waals surface area contributed by atoms with Crippen LogP contribution in [0.15, 0.2) is 79.5 Å². The number of piperidine rings is 1. The summed E-state index contributed by atoms with van der Waals surface area (Å²) in [7, 11) is 3.94. The van der Waals surface area contributed by atoms with Crippen LogP contribution < -0.4 is 31.1 Å². The molecule has 2 aromatic carbocycles. The molecule has 1 spiro atoms. The lowest BCUT2D eigenvalue weighted by Gasteiger charge is -2.61. The van der Waals surface area contributed by atoms with Crippen molar-refractivity contribution in [2.45, 2.75) is 82.6 Å². The Labute approximate surface area is 366 Å². The number of hydrogen-bond donors (Lipinski definition) is 4. The number of fused-ring (bicyclic) bond motifs is 1. The summed E-state index contributed by atoms with van der Waals surface area (Å²) in [5.41, 5.74) is 7.46. The Morgan fingerprint density at radius 2 is 1.68 bits per heavy atom. The Balaban J connectivity index is 0.791.